The molecule has 0 unspecified atom stereocenters. The first kappa shape index (κ1) is 24.4. The van der Waals surface area contributed by atoms with Crippen molar-refractivity contribution in [1.29, 1.82) is 0 Å². The first-order chi connectivity index (χ1) is 18.5. The van der Waals surface area contributed by atoms with E-state index in [-0.39, 0.29) is 23.8 Å². The average Bonchev–Trinajstić information content (AvgIpc) is 3.54. The van der Waals surface area contributed by atoms with E-state index in [1.54, 1.807) is 54.9 Å². The Morgan fingerprint density at radius 1 is 1.00 bits per heavy atom. The standard InChI is InChI=1S/C27H22FN5O3S2/c28-20-7-1-2-8-21(20)30-11-13-31(14-12-30)24-19(25(34)32-10-4-3-9-23(32)29-24)16-22-26(35)33(27(37)38-22)17-18-6-5-15-36-18/h1-10,15-16H,11-14,17H2/b22-16-. The molecule has 0 saturated carbocycles. The fourth-order valence-corrected chi connectivity index (χ4v) is 5.89. The molecule has 4 aromatic rings. The van der Waals surface area contributed by atoms with Gasteiger partial charge in [0.2, 0.25) is 0 Å². The molecule has 0 bridgehead atoms. The Hall–Kier alpha value is -3.96. The van der Waals surface area contributed by atoms with Gasteiger partial charge in [-0.05, 0) is 42.5 Å². The average molecular weight is 548 g/mol. The van der Waals surface area contributed by atoms with Gasteiger partial charge in [-0.25, -0.2) is 9.37 Å². The molecule has 2 fully saturated rings. The monoisotopic (exact) mass is 547 g/mol. The van der Waals surface area contributed by atoms with Gasteiger partial charge in [0.15, 0.2) is 0 Å². The van der Waals surface area contributed by atoms with Crippen LogP contribution in [0.1, 0.15) is 11.3 Å². The van der Waals surface area contributed by atoms with Crippen molar-refractivity contribution in [2.45, 2.75) is 6.54 Å². The summed E-state index contributed by atoms with van der Waals surface area (Å²) in [5.41, 5.74) is 1.09. The van der Waals surface area contributed by atoms with E-state index in [9.17, 15) is 14.0 Å². The highest BCUT2D eigenvalue weighted by molar-refractivity contribution is 8.26. The normalized spacial score (nSPS) is 17.3. The van der Waals surface area contributed by atoms with Gasteiger partial charge in [0.25, 0.3) is 11.5 Å². The minimum absolute atomic E-state index is 0.217. The topological polar surface area (TPSA) is 74.3 Å². The van der Waals surface area contributed by atoms with Crippen molar-refractivity contribution in [2.24, 2.45) is 0 Å². The summed E-state index contributed by atoms with van der Waals surface area (Å²) in [5, 5.41) is 0. The van der Waals surface area contributed by atoms with E-state index in [1.165, 1.54) is 15.4 Å². The number of thioether (sulfide) groups is 1. The first-order valence-corrected chi connectivity index (χ1v) is 13.3. The molecule has 1 amide bonds. The molecular weight excluding hydrogens is 525 g/mol. The summed E-state index contributed by atoms with van der Waals surface area (Å²) in [7, 11) is 0. The molecule has 0 radical (unpaired) electrons. The number of anilines is 2. The predicted octanol–water partition coefficient (Wildman–Crippen LogP) is 4.15. The molecule has 0 N–H and O–H groups in total. The number of para-hydroxylation sites is 1. The van der Waals surface area contributed by atoms with E-state index in [2.05, 4.69) is 0 Å². The van der Waals surface area contributed by atoms with Crippen molar-refractivity contribution in [3.05, 3.63) is 99.5 Å². The minimum Gasteiger partial charge on any atom is -0.467 e. The second-order valence-corrected chi connectivity index (χ2v) is 10.5. The lowest BCUT2D eigenvalue weighted by molar-refractivity contribution is -0.122. The highest BCUT2D eigenvalue weighted by Crippen LogP contribution is 2.35. The van der Waals surface area contributed by atoms with Crippen molar-refractivity contribution in [2.75, 3.05) is 36.0 Å². The number of thiocarbonyl (C=S) groups is 1. The number of hydrogen-bond acceptors (Lipinski definition) is 8. The maximum atomic E-state index is 14.4. The number of amides is 1. The van der Waals surface area contributed by atoms with E-state index >= 15 is 0 Å². The minimum atomic E-state index is -0.288. The summed E-state index contributed by atoms with van der Waals surface area (Å²) < 4.78 is 21.6. The predicted molar refractivity (Wildman–Crippen MR) is 150 cm³/mol. The van der Waals surface area contributed by atoms with Crippen molar-refractivity contribution >= 4 is 57.4 Å². The smallest absolute Gasteiger partial charge is 0.267 e. The van der Waals surface area contributed by atoms with E-state index in [0.717, 1.165) is 11.8 Å². The van der Waals surface area contributed by atoms with Crippen molar-refractivity contribution in [3.8, 4) is 0 Å². The molecule has 2 saturated heterocycles. The van der Waals surface area contributed by atoms with Gasteiger partial charge in [0, 0.05) is 32.4 Å². The van der Waals surface area contributed by atoms with Crippen LogP contribution in [0.15, 0.2) is 81.2 Å². The molecule has 0 aliphatic carbocycles. The number of nitrogens with zero attached hydrogens (tertiary/aromatic N) is 5. The first-order valence-electron chi connectivity index (χ1n) is 12.0. The maximum Gasteiger partial charge on any atom is 0.267 e. The Kier molecular flexibility index (Phi) is 6.46. The van der Waals surface area contributed by atoms with E-state index in [1.807, 2.05) is 21.9 Å². The van der Waals surface area contributed by atoms with Crippen LogP contribution in [0.25, 0.3) is 11.7 Å². The van der Waals surface area contributed by atoms with Gasteiger partial charge in [-0.3, -0.25) is 18.9 Å². The van der Waals surface area contributed by atoms with Crippen LogP contribution in [0.5, 0.6) is 0 Å². The van der Waals surface area contributed by atoms with Crippen molar-refractivity contribution in [3.63, 3.8) is 0 Å². The number of halogens is 1. The third-order valence-electron chi connectivity index (χ3n) is 6.56. The van der Waals surface area contributed by atoms with Gasteiger partial charge in [-0.15, -0.1) is 0 Å². The van der Waals surface area contributed by atoms with Crippen molar-refractivity contribution < 1.29 is 13.6 Å². The molecule has 3 aromatic heterocycles. The second kappa shape index (κ2) is 10.1. The number of piperazine rings is 1. The largest absolute Gasteiger partial charge is 0.467 e. The molecule has 1 aromatic carbocycles. The molecule has 0 spiro atoms. The quantitative estimate of drug-likeness (QED) is 0.273. The number of aromatic nitrogens is 2. The van der Waals surface area contributed by atoms with Crippen LogP contribution >= 0.6 is 24.0 Å². The third-order valence-corrected chi connectivity index (χ3v) is 7.94. The summed E-state index contributed by atoms with van der Waals surface area (Å²) in [6, 6.07) is 15.6. The molecule has 2 aliphatic rings. The molecular formula is C27H22FN5O3S2. The maximum absolute atomic E-state index is 14.4. The number of rotatable bonds is 5. The number of fused-ring (bicyclic) bond motifs is 1. The summed E-state index contributed by atoms with van der Waals surface area (Å²) >= 11 is 6.61. The van der Waals surface area contributed by atoms with Crippen LogP contribution in [0.4, 0.5) is 15.9 Å². The molecule has 5 heterocycles. The lowest BCUT2D eigenvalue weighted by Gasteiger charge is -2.37. The Bertz CT molecular complexity index is 1630. The summed E-state index contributed by atoms with van der Waals surface area (Å²) in [6.45, 7) is 2.39. The SMILES string of the molecule is O=C1/C(=C/c2c(N3CCN(c4ccccc4F)CC3)nc3ccccn3c2=O)SC(=S)N1Cc1ccco1. The van der Waals surface area contributed by atoms with Crippen LogP contribution in [0, 0.1) is 5.82 Å². The lowest BCUT2D eigenvalue weighted by atomic mass is 10.2. The fourth-order valence-electron chi connectivity index (χ4n) is 4.65. The number of hydrogen-bond donors (Lipinski definition) is 0. The number of carbonyl (C=O) groups is 1. The second-order valence-electron chi connectivity index (χ2n) is 8.86. The molecule has 192 valence electrons. The highest BCUT2D eigenvalue weighted by atomic mass is 32.2. The van der Waals surface area contributed by atoms with Crippen LogP contribution in [0.3, 0.4) is 0 Å². The van der Waals surface area contributed by atoms with Gasteiger partial charge in [0.1, 0.15) is 27.4 Å². The Morgan fingerprint density at radius 3 is 2.53 bits per heavy atom. The summed E-state index contributed by atoms with van der Waals surface area (Å²) in [4.78, 5) is 37.5. The summed E-state index contributed by atoms with van der Waals surface area (Å²) in [5.74, 6) is 0.554. The molecule has 0 atom stereocenters. The lowest BCUT2D eigenvalue weighted by Crippen LogP contribution is -2.47. The number of carbonyl (C=O) groups excluding carboxylic acids is 1. The van der Waals surface area contributed by atoms with Crippen LogP contribution in [-0.2, 0) is 11.3 Å². The van der Waals surface area contributed by atoms with Crippen molar-refractivity contribution in [1.82, 2.24) is 14.3 Å². The molecule has 2 aliphatic heterocycles. The van der Waals surface area contributed by atoms with E-state index in [4.69, 9.17) is 21.6 Å². The highest BCUT2D eigenvalue weighted by Gasteiger charge is 2.34. The number of furan rings is 1. The Morgan fingerprint density at radius 2 is 1.76 bits per heavy atom. The molecule has 11 heteroatoms. The Balaban J connectivity index is 1.35. The molecule has 8 nitrogen and oxygen atoms in total. The summed E-state index contributed by atoms with van der Waals surface area (Å²) in [6.07, 6.45) is 4.79. The van der Waals surface area contributed by atoms with Gasteiger partial charge in [-0.2, -0.15) is 0 Å². The zero-order chi connectivity index (χ0) is 26.2. The number of benzene rings is 1. The Labute approximate surface area is 227 Å². The van der Waals surface area contributed by atoms with Gasteiger partial charge in [-0.1, -0.05) is 42.2 Å². The van der Waals surface area contributed by atoms with Crippen LogP contribution in [0.2, 0.25) is 0 Å². The third kappa shape index (κ3) is 4.48. The van der Waals surface area contributed by atoms with Gasteiger partial charge in [0.05, 0.1) is 29.0 Å². The number of pyridine rings is 1. The van der Waals surface area contributed by atoms with Crippen LogP contribution < -0.4 is 15.4 Å². The zero-order valence-corrected chi connectivity index (χ0v) is 21.8. The van der Waals surface area contributed by atoms with Crippen LogP contribution in [-0.4, -0.2) is 50.7 Å². The van der Waals surface area contributed by atoms with E-state index < -0.39 is 0 Å². The van der Waals surface area contributed by atoms with Gasteiger partial charge >= 0.3 is 0 Å². The zero-order valence-electron chi connectivity index (χ0n) is 20.1. The van der Waals surface area contributed by atoms with Gasteiger partial charge < -0.3 is 14.2 Å². The molecule has 6 rings (SSSR count). The van der Waals surface area contributed by atoms with E-state index in [0.29, 0.717) is 63.9 Å². The molecule has 38 heavy (non-hydrogen) atoms. The fraction of sp³-hybridized carbons (Fsp3) is 0.185.